The molecule has 0 fully saturated rings. The Labute approximate surface area is 162 Å². The Morgan fingerprint density at radius 2 is 1.89 bits per heavy atom. The number of carboxylic acids is 1. The predicted octanol–water partition coefficient (Wildman–Crippen LogP) is 1.76. The molecule has 0 saturated carbocycles. The van der Waals surface area contributed by atoms with E-state index in [4.69, 9.17) is 9.84 Å². The number of aromatic nitrogens is 2. The number of hydrogen-bond acceptors (Lipinski definition) is 6. The van der Waals surface area contributed by atoms with Crippen molar-refractivity contribution < 1.29 is 19.4 Å². The summed E-state index contributed by atoms with van der Waals surface area (Å²) >= 11 is 0.966. The Kier molecular flexibility index (Phi) is 5.27. The van der Waals surface area contributed by atoms with E-state index in [0.717, 1.165) is 21.5 Å². The van der Waals surface area contributed by atoms with Gasteiger partial charge in [0, 0.05) is 12.6 Å². The maximum absolute atomic E-state index is 12.6. The monoisotopic (exact) mass is 400 g/mol. The average Bonchev–Trinajstić information content (AvgIpc) is 3.14. The van der Waals surface area contributed by atoms with Crippen molar-refractivity contribution in [1.82, 2.24) is 9.13 Å². The minimum absolute atomic E-state index is 0.0789. The summed E-state index contributed by atoms with van der Waals surface area (Å²) in [5.41, 5.74) is -0.847. The Balaban J connectivity index is 1.95. The van der Waals surface area contributed by atoms with Gasteiger partial charge in [0.1, 0.15) is 16.3 Å². The first-order valence-corrected chi connectivity index (χ1v) is 8.96. The molecular formula is C19H16N2O6S. The smallest absolute Gasteiger partial charge is 0.348 e. The quantitative estimate of drug-likeness (QED) is 0.499. The van der Waals surface area contributed by atoms with Crippen LogP contribution in [0.5, 0.6) is 0 Å². The third-order valence-corrected chi connectivity index (χ3v) is 5.27. The molecule has 0 aliphatic rings. The molecule has 8 nitrogen and oxygen atoms in total. The second-order valence-electron chi connectivity index (χ2n) is 6.03. The Bertz CT molecular complexity index is 1200. The van der Waals surface area contributed by atoms with Crippen LogP contribution in [0.4, 0.5) is 0 Å². The van der Waals surface area contributed by atoms with Crippen LogP contribution in [0, 0.1) is 0 Å². The van der Waals surface area contributed by atoms with Gasteiger partial charge in [-0.3, -0.25) is 13.9 Å². The van der Waals surface area contributed by atoms with Crippen LogP contribution in [-0.4, -0.2) is 26.2 Å². The number of benzene rings is 1. The summed E-state index contributed by atoms with van der Waals surface area (Å²) in [5, 5.41) is 9.09. The van der Waals surface area contributed by atoms with Crippen molar-refractivity contribution in [2.45, 2.75) is 13.2 Å². The van der Waals surface area contributed by atoms with Gasteiger partial charge in [-0.15, -0.1) is 11.3 Å². The molecule has 0 radical (unpaired) electrons. The lowest BCUT2D eigenvalue weighted by Gasteiger charge is -2.07. The van der Waals surface area contributed by atoms with Gasteiger partial charge in [0.15, 0.2) is 0 Å². The van der Waals surface area contributed by atoms with Crippen LogP contribution in [0.3, 0.4) is 0 Å². The molecule has 2 aromatic heterocycles. The van der Waals surface area contributed by atoms with Gasteiger partial charge in [0.25, 0.3) is 5.56 Å². The SMILES string of the molecule is C=C(Cn1c(=O)c2cc(C(=O)OCc3ccccc3)sc2n(C)c1=O)C(=O)O. The van der Waals surface area contributed by atoms with Crippen molar-refractivity contribution in [2.24, 2.45) is 7.05 Å². The van der Waals surface area contributed by atoms with E-state index in [1.54, 1.807) is 0 Å². The number of carboxylic acid groups (broad SMARTS) is 1. The number of fused-ring (bicyclic) bond motifs is 1. The molecule has 28 heavy (non-hydrogen) atoms. The van der Waals surface area contributed by atoms with Gasteiger partial charge in [-0.05, 0) is 11.6 Å². The highest BCUT2D eigenvalue weighted by molar-refractivity contribution is 7.20. The van der Waals surface area contributed by atoms with E-state index in [1.165, 1.54) is 17.7 Å². The van der Waals surface area contributed by atoms with E-state index in [0.29, 0.717) is 4.83 Å². The van der Waals surface area contributed by atoms with Crippen LogP contribution in [-0.2, 0) is 29.7 Å². The number of thiophene rings is 1. The Morgan fingerprint density at radius 1 is 1.21 bits per heavy atom. The van der Waals surface area contributed by atoms with Gasteiger partial charge in [0.05, 0.1) is 11.9 Å². The zero-order chi connectivity index (χ0) is 20.4. The van der Waals surface area contributed by atoms with Gasteiger partial charge < -0.3 is 9.84 Å². The van der Waals surface area contributed by atoms with E-state index in [-0.39, 0.29) is 22.4 Å². The number of aryl methyl sites for hydroxylation is 1. The minimum atomic E-state index is -1.30. The Hall–Kier alpha value is -3.46. The van der Waals surface area contributed by atoms with Crippen molar-refractivity contribution in [3.8, 4) is 0 Å². The lowest BCUT2D eigenvalue weighted by molar-refractivity contribution is -0.132. The molecule has 144 valence electrons. The number of aliphatic carboxylic acids is 1. The van der Waals surface area contributed by atoms with E-state index < -0.39 is 29.7 Å². The summed E-state index contributed by atoms with van der Waals surface area (Å²) in [6.07, 6.45) is 0. The van der Waals surface area contributed by atoms with Gasteiger partial charge in [-0.1, -0.05) is 36.9 Å². The largest absolute Gasteiger partial charge is 0.478 e. The standard InChI is InChI=1S/C19H16N2O6S/c1-11(17(23)24)9-21-15(22)13-8-14(28-16(13)20(2)19(21)26)18(25)27-10-12-6-4-3-5-7-12/h3-8H,1,9-10H2,2H3,(H,23,24). The van der Waals surface area contributed by atoms with Crippen molar-refractivity contribution in [3.05, 3.63) is 79.8 Å². The first kappa shape index (κ1) is 19.3. The third kappa shape index (κ3) is 3.65. The zero-order valence-electron chi connectivity index (χ0n) is 14.9. The van der Waals surface area contributed by atoms with Crippen molar-refractivity contribution in [2.75, 3.05) is 0 Å². The molecule has 3 aromatic rings. The predicted molar refractivity (Wildman–Crippen MR) is 104 cm³/mol. The zero-order valence-corrected chi connectivity index (χ0v) is 15.7. The van der Waals surface area contributed by atoms with Gasteiger partial charge in [0.2, 0.25) is 0 Å². The van der Waals surface area contributed by atoms with Crippen LogP contribution in [0.1, 0.15) is 15.2 Å². The molecule has 9 heteroatoms. The number of esters is 1. The van der Waals surface area contributed by atoms with Gasteiger partial charge in [-0.2, -0.15) is 0 Å². The molecule has 2 heterocycles. The number of rotatable bonds is 6. The van der Waals surface area contributed by atoms with E-state index in [1.807, 2.05) is 30.3 Å². The van der Waals surface area contributed by atoms with Crippen molar-refractivity contribution in [3.63, 3.8) is 0 Å². The first-order chi connectivity index (χ1) is 13.3. The number of ether oxygens (including phenoxy) is 1. The summed E-state index contributed by atoms with van der Waals surface area (Å²) in [5.74, 6) is -1.91. The third-order valence-electron chi connectivity index (χ3n) is 4.08. The lowest BCUT2D eigenvalue weighted by Crippen LogP contribution is -2.39. The molecule has 1 N–H and O–H groups in total. The fourth-order valence-electron chi connectivity index (χ4n) is 2.58. The van der Waals surface area contributed by atoms with E-state index in [2.05, 4.69) is 6.58 Å². The summed E-state index contributed by atoms with van der Waals surface area (Å²) < 4.78 is 7.24. The summed E-state index contributed by atoms with van der Waals surface area (Å²) in [6.45, 7) is 2.98. The number of carbonyl (C=O) groups is 2. The molecule has 1 aromatic carbocycles. The van der Waals surface area contributed by atoms with Gasteiger partial charge >= 0.3 is 17.6 Å². The highest BCUT2D eigenvalue weighted by Crippen LogP contribution is 2.23. The average molecular weight is 400 g/mol. The van der Waals surface area contributed by atoms with Crippen molar-refractivity contribution in [1.29, 1.82) is 0 Å². The Morgan fingerprint density at radius 3 is 2.54 bits per heavy atom. The van der Waals surface area contributed by atoms with Crippen LogP contribution in [0.15, 0.2) is 58.1 Å². The number of carbonyl (C=O) groups excluding carboxylic acids is 1. The molecule has 0 aliphatic heterocycles. The van der Waals surface area contributed by atoms with Crippen LogP contribution < -0.4 is 11.2 Å². The van der Waals surface area contributed by atoms with Crippen LogP contribution >= 0.6 is 11.3 Å². The normalized spacial score (nSPS) is 10.8. The van der Waals surface area contributed by atoms with Crippen LogP contribution in [0.2, 0.25) is 0 Å². The molecule has 0 aliphatic carbocycles. The second kappa shape index (κ2) is 7.65. The minimum Gasteiger partial charge on any atom is -0.478 e. The summed E-state index contributed by atoms with van der Waals surface area (Å²) in [7, 11) is 1.44. The van der Waals surface area contributed by atoms with E-state index >= 15 is 0 Å². The van der Waals surface area contributed by atoms with Crippen molar-refractivity contribution >= 4 is 33.5 Å². The molecule has 0 bridgehead atoms. The van der Waals surface area contributed by atoms with E-state index in [9.17, 15) is 19.2 Å². The first-order valence-electron chi connectivity index (χ1n) is 8.15. The molecular weight excluding hydrogens is 384 g/mol. The second-order valence-corrected chi connectivity index (χ2v) is 7.06. The molecule has 3 rings (SSSR count). The maximum atomic E-state index is 12.6. The molecule has 0 spiro atoms. The highest BCUT2D eigenvalue weighted by atomic mass is 32.1. The molecule has 0 atom stereocenters. The molecule has 0 unspecified atom stereocenters. The maximum Gasteiger partial charge on any atom is 0.348 e. The summed E-state index contributed by atoms with van der Waals surface area (Å²) in [6, 6.07) is 10.5. The lowest BCUT2D eigenvalue weighted by atomic mass is 10.2. The highest BCUT2D eigenvalue weighted by Gasteiger charge is 2.19. The van der Waals surface area contributed by atoms with Crippen LogP contribution in [0.25, 0.3) is 10.2 Å². The fraction of sp³-hybridized carbons (Fsp3) is 0.158. The fourth-order valence-corrected chi connectivity index (χ4v) is 3.58. The number of hydrogen-bond donors (Lipinski definition) is 1. The topological polar surface area (TPSA) is 108 Å². The molecule has 0 amide bonds. The van der Waals surface area contributed by atoms with Gasteiger partial charge in [-0.25, -0.2) is 14.4 Å². The summed E-state index contributed by atoms with van der Waals surface area (Å²) in [4.78, 5) is 48.9. The number of nitrogens with zero attached hydrogens (tertiary/aromatic N) is 2. The molecule has 0 saturated heterocycles.